The molecule has 0 fully saturated rings. The van der Waals surface area contributed by atoms with Crippen LogP contribution in [0.2, 0.25) is 0 Å². The van der Waals surface area contributed by atoms with Crippen LogP contribution >= 0.6 is 0 Å². The summed E-state index contributed by atoms with van der Waals surface area (Å²) in [5.41, 5.74) is -0.235. The number of rotatable bonds is 11. The molecule has 132 valence electrons. The van der Waals surface area contributed by atoms with Gasteiger partial charge in [-0.05, 0) is 25.3 Å². The van der Waals surface area contributed by atoms with Crippen molar-refractivity contribution in [2.75, 3.05) is 6.61 Å². The third-order valence-electron chi connectivity index (χ3n) is 3.31. The van der Waals surface area contributed by atoms with Gasteiger partial charge in [0.25, 0.3) is 0 Å². The number of hydrogen-bond acceptors (Lipinski definition) is 6. The first kappa shape index (κ1) is 19.6. The zero-order valence-corrected chi connectivity index (χ0v) is 13.9. The van der Waals surface area contributed by atoms with Crippen molar-refractivity contribution in [3.8, 4) is 5.75 Å². The van der Waals surface area contributed by atoms with Crippen molar-refractivity contribution < 1.29 is 24.0 Å². The van der Waals surface area contributed by atoms with E-state index in [4.69, 9.17) is 9.47 Å². The second kappa shape index (κ2) is 11.2. The van der Waals surface area contributed by atoms with E-state index in [1.54, 1.807) is 6.07 Å². The molecule has 0 amide bonds. The zero-order valence-electron chi connectivity index (χ0n) is 13.9. The maximum Gasteiger partial charge on any atom is 0.311 e. The van der Waals surface area contributed by atoms with Gasteiger partial charge in [-0.15, -0.1) is 0 Å². The molecule has 0 saturated carbocycles. The molecule has 0 aliphatic carbocycles. The molecule has 0 N–H and O–H groups in total. The highest BCUT2D eigenvalue weighted by Crippen LogP contribution is 2.26. The molecule has 1 aromatic rings. The van der Waals surface area contributed by atoms with Crippen molar-refractivity contribution in [1.82, 2.24) is 0 Å². The minimum atomic E-state index is -0.591. The first-order chi connectivity index (χ1) is 11.5. The van der Waals surface area contributed by atoms with Crippen molar-refractivity contribution in [2.45, 2.75) is 51.9 Å². The van der Waals surface area contributed by atoms with Gasteiger partial charge in [0, 0.05) is 18.9 Å². The summed E-state index contributed by atoms with van der Waals surface area (Å²) in [5, 5.41) is 10.8. The fourth-order valence-electron chi connectivity index (χ4n) is 1.99. The Kier molecular flexibility index (Phi) is 9.11. The molecule has 0 radical (unpaired) electrons. The molecule has 0 aliphatic heterocycles. The molecule has 0 aliphatic rings. The number of carbonyl (C=O) groups excluding carboxylic acids is 2. The van der Waals surface area contributed by atoms with Crippen LogP contribution in [0, 0.1) is 10.1 Å². The lowest BCUT2D eigenvalue weighted by Gasteiger charge is -2.05. The quantitative estimate of drug-likeness (QED) is 0.200. The van der Waals surface area contributed by atoms with E-state index in [-0.39, 0.29) is 23.8 Å². The molecule has 0 heterocycles. The van der Waals surface area contributed by atoms with Gasteiger partial charge in [0.1, 0.15) is 0 Å². The Morgan fingerprint density at radius 3 is 2.38 bits per heavy atom. The number of carbonyl (C=O) groups is 2. The highest BCUT2D eigenvalue weighted by Gasteiger charge is 2.16. The number of nitro groups is 1. The van der Waals surface area contributed by atoms with Crippen LogP contribution in [0.15, 0.2) is 24.3 Å². The van der Waals surface area contributed by atoms with Crippen LogP contribution in [-0.4, -0.2) is 23.5 Å². The molecule has 0 aromatic heterocycles. The van der Waals surface area contributed by atoms with Crippen molar-refractivity contribution in [3.63, 3.8) is 0 Å². The van der Waals surface area contributed by atoms with Crippen LogP contribution in [0.1, 0.15) is 51.9 Å². The van der Waals surface area contributed by atoms with Gasteiger partial charge in [0.2, 0.25) is 5.75 Å². The van der Waals surface area contributed by atoms with Gasteiger partial charge in [-0.3, -0.25) is 19.7 Å². The first-order valence-corrected chi connectivity index (χ1v) is 8.14. The Bertz CT molecular complexity index is 558. The van der Waals surface area contributed by atoms with E-state index in [9.17, 15) is 19.7 Å². The van der Waals surface area contributed by atoms with Crippen LogP contribution in [-0.2, 0) is 14.3 Å². The summed E-state index contributed by atoms with van der Waals surface area (Å²) in [6, 6.07) is 5.75. The highest BCUT2D eigenvalue weighted by atomic mass is 16.6. The van der Waals surface area contributed by atoms with Gasteiger partial charge >= 0.3 is 17.6 Å². The largest absolute Gasteiger partial charge is 0.466 e. The van der Waals surface area contributed by atoms with E-state index >= 15 is 0 Å². The Morgan fingerprint density at radius 2 is 1.71 bits per heavy atom. The van der Waals surface area contributed by atoms with E-state index in [1.165, 1.54) is 18.2 Å². The third kappa shape index (κ3) is 7.71. The molecule has 0 saturated heterocycles. The van der Waals surface area contributed by atoms with E-state index < -0.39 is 10.9 Å². The summed E-state index contributed by atoms with van der Waals surface area (Å²) in [5.74, 6) is -0.784. The van der Waals surface area contributed by atoms with Gasteiger partial charge < -0.3 is 9.47 Å². The molecule has 1 aromatic carbocycles. The fourth-order valence-corrected chi connectivity index (χ4v) is 1.99. The third-order valence-corrected chi connectivity index (χ3v) is 3.31. The van der Waals surface area contributed by atoms with Crippen LogP contribution in [0.3, 0.4) is 0 Å². The maximum absolute atomic E-state index is 11.7. The number of benzene rings is 1. The van der Waals surface area contributed by atoms with Gasteiger partial charge in [-0.1, -0.05) is 31.9 Å². The Hall–Kier alpha value is -2.44. The average molecular weight is 337 g/mol. The lowest BCUT2D eigenvalue weighted by atomic mass is 10.1. The normalized spacial score (nSPS) is 10.2. The molecule has 0 spiro atoms. The van der Waals surface area contributed by atoms with Gasteiger partial charge in [-0.2, -0.15) is 0 Å². The topological polar surface area (TPSA) is 95.7 Å². The lowest BCUT2D eigenvalue weighted by molar-refractivity contribution is -0.385. The second-order valence-corrected chi connectivity index (χ2v) is 5.33. The van der Waals surface area contributed by atoms with Gasteiger partial charge in [0.05, 0.1) is 11.5 Å². The smallest absolute Gasteiger partial charge is 0.311 e. The molecule has 1 rings (SSSR count). The minimum Gasteiger partial charge on any atom is -0.466 e. The molecule has 7 nitrogen and oxygen atoms in total. The minimum absolute atomic E-state index is 0.0491. The summed E-state index contributed by atoms with van der Waals surface area (Å²) in [4.78, 5) is 33.3. The van der Waals surface area contributed by atoms with Crippen molar-refractivity contribution in [3.05, 3.63) is 34.4 Å². The van der Waals surface area contributed by atoms with Gasteiger partial charge in [0.15, 0.2) is 0 Å². The molecule has 0 atom stereocenters. The molecular weight excluding hydrogens is 314 g/mol. The Labute approximate surface area is 141 Å². The van der Waals surface area contributed by atoms with Crippen LogP contribution in [0.25, 0.3) is 0 Å². The van der Waals surface area contributed by atoms with Crippen molar-refractivity contribution in [1.29, 1.82) is 0 Å². The van der Waals surface area contributed by atoms with E-state index in [0.29, 0.717) is 32.3 Å². The number of nitro benzene ring substituents is 1. The summed E-state index contributed by atoms with van der Waals surface area (Å²) in [6.07, 6.45) is 4.22. The Morgan fingerprint density at radius 1 is 1.04 bits per heavy atom. The lowest BCUT2D eigenvalue weighted by Crippen LogP contribution is -2.09. The monoisotopic (exact) mass is 337 g/mol. The SMILES string of the molecule is CCCCOC(=O)CCCCCC(=O)Oc1ccccc1[N+](=O)[O-]. The summed E-state index contributed by atoms with van der Waals surface area (Å²) in [6.45, 7) is 2.48. The van der Waals surface area contributed by atoms with Crippen molar-refractivity contribution >= 4 is 17.6 Å². The van der Waals surface area contributed by atoms with E-state index in [2.05, 4.69) is 0 Å². The predicted molar refractivity (Wildman–Crippen MR) is 87.7 cm³/mol. The number of hydrogen-bond donors (Lipinski definition) is 0. The summed E-state index contributed by atoms with van der Waals surface area (Å²) in [7, 11) is 0. The summed E-state index contributed by atoms with van der Waals surface area (Å²) < 4.78 is 10.1. The zero-order chi connectivity index (χ0) is 17.8. The molecule has 0 unspecified atom stereocenters. The standard InChI is InChI=1S/C17H23NO6/c1-2-3-13-23-16(19)11-5-4-6-12-17(20)24-15-10-8-7-9-14(15)18(21)22/h7-10H,2-6,11-13H2,1H3. The highest BCUT2D eigenvalue weighted by molar-refractivity contribution is 5.73. The molecule has 0 bridgehead atoms. The van der Waals surface area contributed by atoms with E-state index in [0.717, 1.165) is 12.8 Å². The van der Waals surface area contributed by atoms with E-state index in [1.807, 2.05) is 6.92 Å². The number of para-hydroxylation sites is 2. The van der Waals surface area contributed by atoms with Crippen LogP contribution in [0.5, 0.6) is 5.75 Å². The molecule has 24 heavy (non-hydrogen) atoms. The van der Waals surface area contributed by atoms with Crippen LogP contribution in [0.4, 0.5) is 5.69 Å². The molecule has 7 heteroatoms. The maximum atomic E-state index is 11.7. The fraction of sp³-hybridized carbons (Fsp3) is 0.529. The Balaban J connectivity index is 2.21. The number of esters is 2. The van der Waals surface area contributed by atoms with Crippen molar-refractivity contribution in [2.24, 2.45) is 0 Å². The number of unbranched alkanes of at least 4 members (excludes halogenated alkanes) is 3. The number of ether oxygens (including phenoxy) is 2. The first-order valence-electron chi connectivity index (χ1n) is 8.14. The summed E-state index contributed by atoms with van der Waals surface area (Å²) >= 11 is 0. The second-order valence-electron chi connectivity index (χ2n) is 5.33. The molecular formula is C17H23NO6. The predicted octanol–water partition coefficient (Wildman–Crippen LogP) is 3.79. The number of nitrogens with zero attached hydrogens (tertiary/aromatic N) is 1. The average Bonchev–Trinajstić information content (AvgIpc) is 2.55. The van der Waals surface area contributed by atoms with Crippen LogP contribution < -0.4 is 4.74 Å². The van der Waals surface area contributed by atoms with Gasteiger partial charge in [-0.25, -0.2) is 0 Å².